The molecule has 182 valence electrons. The van der Waals surface area contributed by atoms with Crippen molar-refractivity contribution in [3.63, 3.8) is 0 Å². The molecule has 9 heteroatoms. The minimum atomic E-state index is -0.581. The summed E-state index contributed by atoms with van der Waals surface area (Å²) in [5.74, 6) is -0.423. The Labute approximate surface area is 202 Å². The molecule has 0 aliphatic carbocycles. The first-order chi connectivity index (χ1) is 16.9. The van der Waals surface area contributed by atoms with Crippen LogP contribution in [0, 0.1) is 6.92 Å². The van der Waals surface area contributed by atoms with Crippen LogP contribution in [0.1, 0.15) is 29.7 Å². The Morgan fingerprint density at radius 3 is 2.49 bits per heavy atom. The summed E-state index contributed by atoms with van der Waals surface area (Å²) in [6.07, 6.45) is 1.52. The standard InChI is InChI=1S/C26H29N5O4/c1-18-9-7-8-12-21(18)19(2)28-22(32)16-31-25(33)23-24(27-17-29(23)13-14-35-3)30(26(31)34)15-20-10-5-4-6-11-20/h4-12,17,19H,13-16H2,1-3H3,(H,28,32). The topological polar surface area (TPSA) is 100 Å². The smallest absolute Gasteiger partial charge is 0.333 e. The van der Waals surface area contributed by atoms with Crippen molar-refractivity contribution in [1.82, 2.24) is 24.0 Å². The fourth-order valence-electron chi connectivity index (χ4n) is 4.23. The third-order valence-electron chi connectivity index (χ3n) is 6.04. The van der Waals surface area contributed by atoms with E-state index in [1.807, 2.05) is 68.4 Å². The number of carbonyl (C=O) groups is 1. The fraction of sp³-hybridized carbons (Fsp3) is 0.308. The Balaban J connectivity index is 1.73. The molecule has 4 rings (SSSR count). The van der Waals surface area contributed by atoms with E-state index in [-0.39, 0.29) is 23.8 Å². The number of hydrogen-bond acceptors (Lipinski definition) is 5. The van der Waals surface area contributed by atoms with Crippen LogP contribution in [-0.4, -0.2) is 38.3 Å². The van der Waals surface area contributed by atoms with Crippen LogP contribution in [0.3, 0.4) is 0 Å². The summed E-state index contributed by atoms with van der Waals surface area (Å²) in [6.45, 7) is 4.44. The lowest BCUT2D eigenvalue weighted by Crippen LogP contribution is -2.44. The van der Waals surface area contributed by atoms with E-state index >= 15 is 0 Å². The molecule has 2 aromatic carbocycles. The number of imidazole rings is 1. The minimum absolute atomic E-state index is 0.221. The largest absolute Gasteiger partial charge is 0.383 e. The van der Waals surface area contributed by atoms with Crippen LogP contribution in [0.4, 0.5) is 0 Å². The lowest BCUT2D eigenvalue weighted by atomic mass is 10.0. The summed E-state index contributed by atoms with van der Waals surface area (Å²) in [5, 5.41) is 2.91. The van der Waals surface area contributed by atoms with Crippen molar-refractivity contribution in [2.75, 3.05) is 13.7 Å². The van der Waals surface area contributed by atoms with Crippen LogP contribution >= 0.6 is 0 Å². The molecule has 1 amide bonds. The minimum Gasteiger partial charge on any atom is -0.383 e. The predicted molar refractivity (Wildman–Crippen MR) is 133 cm³/mol. The zero-order valence-electron chi connectivity index (χ0n) is 20.1. The highest BCUT2D eigenvalue weighted by Crippen LogP contribution is 2.16. The van der Waals surface area contributed by atoms with Crippen molar-refractivity contribution in [1.29, 1.82) is 0 Å². The van der Waals surface area contributed by atoms with Gasteiger partial charge in [0.05, 0.1) is 25.5 Å². The highest BCUT2D eigenvalue weighted by molar-refractivity contribution is 5.77. The number of amides is 1. The molecular formula is C26H29N5O4. The predicted octanol–water partition coefficient (Wildman–Crippen LogP) is 2.24. The summed E-state index contributed by atoms with van der Waals surface area (Å²) in [6, 6.07) is 16.9. The number of ether oxygens (including phenoxy) is 1. The summed E-state index contributed by atoms with van der Waals surface area (Å²) < 4.78 is 9.23. The molecule has 2 aromatic heterocycles. The van der Waals surface area contributed by atoms with Gasteiger partial charge in [0.1, 0.15) is 6.54 Å². The van der Waals surface area contributed by atoms with Gasteiger partial charge in [0, 0.05) is 13.7 Å². The summed E-state index contributed by atoms with van der Waals surface area (Å²) in [4.78, 5) is 44.2. The fourth-order valence-corrected chi connectivity index (χ4v) is 4.23. The highest BCUT2D eigenvalue weighted by Gasteiger charge is 2.21. The second-order valence-corrected chi connectivity index (χ2v) is 8.49. The number of methoxy groups -OCH3 is 1. The molecule has 0 bridgehead atoms. The van der Waals surface area contributed by atoms with Crippen molar-refractivity contribution in [3.8, 4) is 0 Å². The van der Waals surface area contributed by atoms with Crippen LogP contribution in [0.25, 0.3) is 11.2 Å². The monoisotopic (exact) mass is 475 g/mol. The first-order valence-electron chi connectivity index (χ1n) is 11.5. The number of benzene rings is 2. The van der Waals surface area contributed by atoms with Gasteiger partial charge in [-0.2, -0.15) is 0 Å². The molecule has 0 aliphatic rings. The molecule has 0 saturated heterocycles. The van der Waals surface area contributed by atoms with Gasteiger partial charge >= 0.3 is 5.69 Å². The van der Waals surface area contributed by atoms with Gasteiger partial charge in [-0.3, -0.25) is 14.2 Å². The van der Waals surface area contributed by atoms with Gasteiger partial charge in [-0.1, -0.05) is 54.6 Å². The van der Waals surface area contributed by atoms with E-state index in [2.05, 4.69) is 10.3 Å². The normalized spacial score (nSPS) is 12.1. The molecule has 35 heavy (non-hydrogen) atoms. The molecule has 2 heterocycles. The van der Waals surface area contributed by atoms with E-state index in [0.717, 1.165) is 21.3 Å². The van der Waals surface area contributed by atoms with Crippen molar-refractivity contribution in [2.24, 2.45) is 0 Å². The average Bonchev–Trinajstić information content (AvgIpc) is 3.28. The number of fused-ring (bicyclic) bond motifs is 1. The van der Waals surface area contributed by atoms with E-state index < -0.39 is 23.7 Å². The van der Waals surface area contributed by atoms with Crippen LogP contribution in [-0.2, 0) is 29.2 Å². The van der Waals surface area contributed by atoms with Gasteiger partial charge < -0.3 is 14.6 Å². The van der Waals surface area contributed by atoms with Gasteiger partial charge in [-0.05, 0) is 30.5 Å². The lowest BCUT2D eigenvalue weighted by molar-refractivity contribution is -0.122. The summed E-state index contributed by atoms with van der Waals surface area (Å²) in [7, 11) is 1.57. The average molecular weight is 476 g/mol. The quantitative estimate of drug-likeness (QED) is 0.400. The molecule has 9 nitrogen and oxygen atoms in total. The molecule has 0 spiro atoms. The molecule has 0 fully saturated rings. The van der Waals surface area contributed by atoms with Crippen LogP contribution < -0.4 is 16.6 Å². The number of nitrogens with one attached hydrogen (secondary N) is 1. The lowest BCUT2D eigenvalue weighted by Gasteiger charge is -2.17. The second kappa shape index (κ2) is 10.5. The van der Waals surface area contributed by atoms with Gasteiger partial charge in [-0.15, -0.1) is 0 Å². The highest BCUT2D eigenvalue weighted by atomic mass is 16.5. The zero-order valence-corrected chi connectivity index (χ0v) is 20.1. The first kappa shape index (κ1) is 24.2. The Morgan fingerprint density at radius 1 is 1.06 bits per heavy atom. The van der Waals surface area contributed by atoms with Crippen LogP contribution in [0.5, 0.6) is 0 Å². The molecule has 1 atom stereocenters. The van der Waals surface area contributed by atoms with Gasteiger partial charge in [0.25, 0.3) is 5.56 Å². The van der Waals surface area contributed by atoms with Gasteiger partial charge in [-0.25, -0.2) is 14.3 Å². The van der Waals surface area contributed by atoms with E-state index in [4.69, 9.17) is 4.74 Å². The SMILES string of the molecule is COCCn1cnc2c1c(=O)n(CC(=O)NC(C)c1ccccc1C)c(=O)n2Cc1ccccc1. The van der Waals surface area contributed by atoms with Gasteiger partial charge in [0.2, 0.25) is 5.91 Å². The second-order valence-electron chi connectivity index (χ2n) is 8.49. The van der Waals surface area contributed by atoms with Crippen molar-refractivity contribution in [3.05, 3.63) is 98.5 Å². The number of rotatable bonds is 9. The molecule has 0 aliphatic heterocycles. The van der Waals surface area contributed by atoms with Crippen LogP contribution in [0.2, 0.25) is 0 Å². The van der Waals surface area contributed by atoms with Gasteiger partial charge in [0.15, 0.2) is 11.2 Å². The van der Waals surface area contributed by atoms with Crippen LogP contribution in [0.15, 0.2) is 70.5 Å². The van der Waals surface area contributed by atoms with Crippen molar-refractivity contribution in [2.45, 2.75) is 39.5 Å². The van der Waals surface area contributed by atoms with E-state index in [9.17, 15) is 14.4 Å². The Kier molecular flexibility index (Phi) is 7.26. The molecule has 1 N–H and O–H groups in total. The maximum absolute atomic E-state index is 13.4. The number of aromatic nitrogens is 4. The Morgan fingerprint density at radius 2 is 1.77 bits per heavy atom. The zero-order chi connectivity index (χ0) is 24.9. The molecule has 0 radical (unpaired) electrons. The third-order valence-corrected chi connectivity index (χ3v) is 6.04. The number of carbonyl (C=O) groups excluding carboxylic acids is 1. The molecule has 0 saturated carbocycles. The summed E-state index contributed by atoms with van der Waals surface area (Å²) >= 11 is 0. The summed E-state index contributed by atoms with van der Waals surface area (Å²) in [5.41, 5.74) is 2.31. The van der Waals surface area contributed by atoms with Crippen molar-refractivity contribution < 1.29 is 9.53 Å². The third kappa shape index (κ3) is 5.09. The molecular weight excluding hydrogens is 446 g/mol. The maximum Gasteiger partial charge on any atom is 0.333 e. The number of nitrogens with zero attached hydrogens (tertiary/aromatic N) is 4. The number of hydrogen-bond donors (Lipinski definition) is 1. The Bertz CT molecular complexity index is 1450. The molecule has 1 unspecified atom stereocenters. The van der Waals surface area contributed by atoms with E-state index in [1.54, 1.807) is 11.7 Å². The molecule has 4 aromatic rings. The van der Waals surface area contributed by atoms with Crippen molar-refractivity contribution >= 4 is 17.1 Å². The number of aryl methyl sites for hydroxylation is 1. The van der Waals surface area contributed by atoms with E-state index in [1.165, 1.54) is 10.9 Å². The Hall–Kier alpha value is -3.98. The maximum atomic E-state index is 13.4. The van der Waals surface area contributed by atoms with E-state index in [0.29, 0.717) is 13.2 Å². The first-order valence-corrected chi connectivity index (χ1v) is 11.5.